The zero-order valence-electron chi connectivity index (χ0n) is 16.3. The first kappa shape index (κ1) is 19.7. The van der Waals surface area contributed by atoms with Crippen molar-refractivity contribution in [2.24, 2.45) is 0 Å². The number of benzene rings is 1. The summed E-state index contributed by atoms with van der Waals surface area (Å²) in [5.41, 5.74) is 2.04. The number of rotatable bonds is 7. The van der Waals surface area contributed by atoms with Gasteiger partial charge in [0, 0.05) is 31.1 Å². The second-order valence-corrected chi connectivity index (χ2v) is 7.76. The number of likely N-dealkylation sites (N-methyl/N-ethyl adjacent to an activating group) is 1. The fourth-order valence-electron chi connectivity index (χ4n) is 3.59. The molecule has 5 nitrogen and oxygen atoms in total. The maximum atomic E-state index is 12.6. The molecule has 0 spiro atoms. The number of nitrogens with zero attached hydrogens (tertiary/aromatic N) is 2. The zero-order chi connectivity index (χ0) is 19.2. The van der Waals surface area contributed by atoms with Gasteiger partial charge in [0.1, 0.15) is 0 Å². The highest BCUT2D eigenvalue weighted by molar-refractivity contribution is 7.08. The fourth-order valence-corrected chi connectivity index (χ4v) is 4.22. The number of methoxy groups -OCH3 is 2. The Morgan fingerprint density at radius 3 is 2.78 bits per heavy atom. The molecule has 0 bridgehead atoms. The highest BCUT2D eigenvalue weighted by atomic mass is 32.1. The third kappa shape index (κ3) is 4.82. The molecule has 2 heterocycles. The van der Waals surface area contributed by atoms with Gasteiger partial charge in [-0.25, -0.2) is 0 Å². The minimum atomic E-state index is 0.161. The molecule has 1 unspecified atom stereocenters. The van der Waals surface area contributed by atoms with Crippen molar-refractivity contribution >= 4 is 17.2 Å². The van der Waals surface area contributed by atoms with Crippen LogP contribution in [-0.4, -0.2) is 62.7 Å². The topological polar surface area (TPSA) is 42.0 Å². The van der Waals surface area contributed by atoms with E-state index in [1.165, 1.54) is 5.56 Å². The van der Waals surface area contributed by atoms with Crippen LogP contribution in [0.1, 0.15) is 28.8 Å². The number of amides is 1. The predicted molar refractivity (Wildman–Crippen MR) is 109 cm³/mol. The van der Waals surface area contributed by atoms with Gasteiger partial charge < -0.3 is 19.3 Å². The van der Waals surface area contributed by atoms with Crippen molar-refractivity contribution in [3.05, 3.63) is 46.2 Å². The van der Waals surface area contributed by atoms with Gasteiger partial charge in [-0.15, -0.1) is 0 Å². The van der Waals surface area contributed by atoms with Crippen LogP contribution in [0.25, 0.3) is 0 Å². The number of hydrogen-bond acceptors (Lipinski definition) is 5. The molecule has 6 heteroatoms. The number of carbonyl (C=O) groups excluding carboxylic acids is 1. The van der Waals surface area contributed by atoms with Gasteiger partial charge in [-0.2, -0.15) is 11.3 Å². The van der Waals surface area contributed by atoms with E-state index in [0.717, 1.165) is 56.0 Å². The summed E-state index contributed by atoms with van der Waals surface area (Å²) in [5.74, 6) is 1.68. The minimum absolute atomic E-state index is 0.161. The molecule has 1 fully saturated rings. The molecule has 146 valence electrons. The molecular formula is C21H28N2O3S. The Morgan fingerprint density at radius 1 is 1.26 bits per heavy atom. The molecule has 1 aliphatic heterocycles. The molecule has 1 aliphatic rings. The van der Waals surface area contributed by atoms with Gasteiger partial charge >= 0.3 is 0 Å². The number of hydrogen-bond donors (Lipinski definition) is 0. The quantitative estimate of drug-likeness (QED) is 0.728. The van der Waals surface area contributed by atoms with Crippen molar-refractivity contribution in [2.45, 2.75) is 25.3 Å². The van der Waals surface area contributed by atoms with E-state index in [-0.39, 0.29) is 5.91 Å². The molecule has 0 aliphatic carbocycles. The average molecular weight is 389 g/mol. The van der Waals surface area contributed by atoms with Crippen LogP contribution >= 0.6 is 11.3 Å². The van der Waals surface area contributed by atoms with Crippen molar-refractivity contribution < 1.29 is 14.3 Å². The van der Waals surface area contributed by atoms with E-state index in [0.29, 0.717) is 6.04 Å². The molecule has 0 saturated carbocycles. The van der Waals surface area contributed by atoms with Crippen LogP contribution in [0.4, 0.5) is 0 Å². The Balaban J connectivity index is 1.56. The van der Waals surface area contributed by atoms with Crippen LogP contribution in [0.5, 0.6) is 11.5 Å². The number of likely N-dealkylation sites (tertiary alicyclic amines) is 1. The first-order chi connectivity index (χ1) is 13.1. The van der Waals surface area contributed by atoms with Crippen LogP contribution in [0, 0.1) is 0 Å². The molecule has 0 N–H and O–H groups in total. The molecule has 1 aromatic carbocycles. The Hall–Kier alpha value is -2.05. The van der Waals surface area contributed by atoms with Gasteiger partial charge in [0.15, 0.2) is 11.5 Å². The summed E-state index contributed by atoms with van der Waals surface area (Å²) in [6, 6.07) is 8.40. The Kier molecular flexibility index (Phi) is 6.74. The van der Waals surface area contributed by atoms with E-state index in [1.807, 2.05) is 33.9 Å². The Morgan fingerprint density at radius 2 is 2.07 bits per heavy atom. The maximum Gasteiger partial charge on any atom is 0.254 e. The Labute approximate surface area is 165 Å². The van der Waals surface area contributed by atoms with Gasteiger partial charge in [0.25, 0.3) is 5.91 Å². The van der Waals surface area contributed by atoms with E-state index < -0.39 is 0 Å². The number of piperidine rings is 1. The standard InChI is InChI=1S/C21H28N2O3S/c1-22(11-8-16-6-7-19(25-2)20(13-16)26-3)18-5-4-10-23(14-18)21(24)17-9-12-27-15-17/h6-7,9,12-13,15,18H,4-5,8,10-11,14H2,1-3H3. The molecular weight excluding hydrogens is 360 g/mol. The van der Waals surface area contributed by atoms with Crippen molar-refractivity contribution in [3.63, 3.8) is 0 Å². The molecule has 1 aromatic heterocycles. The minimum Gasteiger partial charge on any atom is -0.493 e. The monoisotopic (exact) mass is 388 g/mol. The molecule has 1 amide bonds. The summed E-state index contributed by atoms with van der Waals surface area (Å²) in [6.45, 7) is 2.60. The van der Waals surface area contributed by atoms with Gasteiger partial charge in [-0.3, -0.25) is 4.79 Å². The third-order valence-corrected chi connectivity index (χ3v) is 5.96. The summed E-state index contributed by atoms with van der Waals surface area (Å²) < 4.78 is 10.7. The van der Waals surface area contributed by atoms with Crippen molar-refractivity contribution in [1.82, 2.24) is 9.80 Å². The second kappa shape index (κ2) is 9.24. The maximum absolute atomic E-state index is 12.6. The van der Waals surface area contributed by atoms with Crippen molar-refractivity contribution in [3.8, 4) is 11.5 Å². The normalized spacial score (nSPS) is 17.2. The Bertz CT molecular complexity index is 748. The van der Waals surface area contributed by atoms with E-state index in [9.17, 15) is 4.79 Å². The summed E-state index contributed by atoms with van der Waals surface area (Å²) in [5, 5.41) is 3.90. The van der Waals surface area contributed by atoms with Crippen LogP contribution in [0.2, 0.25) is 0 Å². The molecule has 27 heavy (non-hydrogen) atoms. The van der Waals surface area contributed by atoms with Crippen LogP contribution < -0.4 is 9.47 Å². The van der Waals surface area contributed by atoms with Gasteiger partial charge in [-0.1, -0.05) is 6.07 Å². The van der Waals surface area contributed by atoms with E-state index >= 15 is 0 Å². The summed E-state index contributed by atoms with van der Waals surface area (Å²) >= 11 is 1.57. The predicted octanol–water partition coefficient (Wildman–Crippen LogP) is 3.54. The lowest BCUT2D eigenvalue weighted by molar-refractivity contribution is 0.0612. The van der Waals surface area contributed by atoms with E-state index in [2.05, 4.69) is 18.0 Å². The lowest BCUT2D eigenvalue weighted by Gasteiger charge is -2.37. The first-order valence-corrected chi connectivity index (χ1v) is 10.3. The lowest BCUT2D eigenvalue weighted by atomic mass is 10.0. The number of ether oxygens (including phenoxy) is 2. The van der Waals surface area contributed by atoms with Crippen LogP contribution in [-0.2, 0) is 6.42 Å². The van der Waals surface area contributed by atoms with Crippen molar-refractivity contribution in [1.29, 1.82) is 0 Å². The molecule has 0 radical (unpaired) electrons. The largest absolute Gasteiger partial charge is 0.493 e. The average Bonchev–Trinajstić information content (AvgIpc) is 3.26. The van der Waals surface area contributed by atoms with Gasteiger partial charge in [0.2, 0.25) is 0 Å². The fraction of sp³-hybridized carbons (Fsp3) is 0.476. The van der Waals surface area contributed by atoms with E-state index in [1.54, 1.807) is 25.6 Å². The van der Waals surface area contributed by atoms with Gasteiger partial charge in [0.05, 0.1) is 19.8 Å². The van der Waals surface area contributed by atoms with Crippen LogP contribution in [0.3, 0.4) is 0 Å². The SMILES string of the molecule is COc1ccc(CCN(C)C2CCCN(C(=O)c3ccsc3)C2)cc1OC. The lowest BCUT2D eigenvalue weighted by Crippen LogP contribution is -2.49. The van der Waals surface area contributed by atoms with Crippen molar-refractivity contribution in [2.75, 3.05) is 40.9 Å². The number of carbonyl (C=O) groups is 1. The highest BCUT2D eigenvalue weighted by Gasteiger charge is 2.26. The zero-order valence-corrected chi connectivity index (χ0v) is 17.1. The highest BCUT2D eigenvalue weighted by Crippen LogP contribution is 2.28. The van der Waals surface area contributed by atoms with Crippen LogP contribution in [0.15, 0.2) is 35.0 Å². The third-order valence-electron chi connectivity index (χ3n) is 5.28. The second-order valence-electron chi connectivity index (χ2n) is 6.98. The van der Waals surface area contributed by atoms with Gasteiger partial charge in [-0.05, 0) is 55.5 Å². The molecule has 3 rings (SSSR count). The summed E-state index contributed by atoms with van der Waals surface area (Å²) in [4.78, 5) is 17.0. The summed E-state index contributed by atoms with van der Waals surface area (Å²) in [6.07, 6.45) is 3.13. The molecule has 1 atom stereocenters. The first-order valence-electron chi connectivity index (χ1n) is 9.35. The molecule has 1 saturated heterocycles. The molecule has 2 aromatic rings. The van der Waals surface area contributed by atoms with E-state index in [4.69, 9.17) is 9.47 Å². The smallest absolute Gasteiger partial charge is 0.254 e. The summed E-state index contributed by atoms with van der Waals surface area (Å²) in [7, 11) is 5.47. The number of thiophene rings is 1.